The van der Waals surface area contributed by atoms with E-state index in [-0.39, 0.29) is 0 Å². The molecular formula is C14H7F12NO2S. The predicted octanol–water partition coefficient (Wildman–Crippen LogP) is 5.85. The Morgan fingerprint density at radius 3 is 1.67 bits per heavy atom. The first-order valence-electron chi connectivity index (χ1n) is 7.22. The van der Waals surface area contributed by atoms with Crippen molar-refractivity contribution in [2.75, 3.05) is 7.11 Å². The zero-order valence-corrected chi connectivity index (χ0v) is 14.8. The van der Waals surface area contributed by atoms with E-state index in [1.807, 2.05) is 0 Å². The minimum atomic E-state index is -6.85. The fourth-order valence-electron chi connectivity index (χ4n) is 2.29. The van der Waals surface area contributed by atoms with E-state index >= 15 is 0 Å². The SMILES string of the molecule is COc1ccccc1C1=NC(C(F)(F)F)(C(F)(F)F)OC(C(F)(F)F)(C(F)(F)F)S1. The molecule has 0 bridgehead atoms. The van der Waals surface area contributed by atoms with Crippen molar-refractivity contribution in [3.63, 3.8) is 0 Å². The number of para-hydroxylation sites is 1. The predicted molar refractivity (Wildman–Crippen MR) is 77.9 cm³/mol. The van der Waals surface area contributed by atoms with Crippen molar-refractivity contribution in [3.05, 3.63) is 29.8 Å². The minimum Gasteiger partial charge on any atom is -0.496 e. The van der Waals surface area contributed by atoms with Gasteiger partial charge in [0.25, 0.3) is 0 Å². The monoisotopic (exact) mass is 481 g/mol. The van der Waals surface area contributed by atoms with Gasteiger partial charge in [0, 0.05) is 5.56 Å². The lowest BCUT2D eigenvalue weighted by Gasteiger charge is -2.46. The maximum absolute atomic E-state index is 13.4. The fourth-order valence-corrected chi connectivity index (χ4v) is 3.40. The lowest BCUT2D eigenvalue weighted by molar-refractivity contribution is -0.442. The number of methoxy groups -OCH3 is 1. The van der Waals surface area contributed by atoms with Gasteiger partial charge in [-0.15, -0.1) is 0 Å². The normalized spacial score (nSPS) is 20.0. The van der Waals surface area contributed by atoms with Crippen LogP contribution in [0, 0.1) is 0 Å². The average Bonchev–Trinajstić information content (AvgIpc) is 2.57. The molecule has 0 atom stereocenters. The number of ether oxygens (including phenoxy) is 2. The number of rotatable bonds is 2. The number of halogens is 12. The summed E-state index contributed by atoms with van der Waals surface area (Å²) in [5.41, 5.74) is -7.13. The average molecular weight is 481 g/mol. The van der Waals surface area contributed by atoms with Crippen LogP contribution in [0.5, 0.6) is 5.75 Å². The third-order valence-corrected chi connectivity index (χ3v) is 4.98. The second kappa shape index (κ2) is 7.10. The minimum absolute atomic E-state index is 0.623. The van der Waals surface area contributed by atoms with Crippen molar-refractivity contribution >= 4 is 16.8 Å². The van der Waals surface area contributed by atoms with Crippen LogP contribution in [0.25, 0.3) is 0 Å². The van der Waals surface area contributed by atoms with Crippen LogP contribution < -0.4 is 4.74 Å². The Bertz CT molecular complexity index is 796. The number of aliphatic imine (C=N–C) groups is 1. The van der Waals surface area contributed by atoms with E-state index < -0.39 is 63.5 Å². The zero-order valence-electron chi connectivity index (χ0n) is 14.0. The molecule has 0 saturated carbocycles. The number of alkyl halides is 12. The zero-order chi connectivity index (χ0) is 23.4. The standard InChI is InChI=1S/C14H7F12NO2S/c1-28-7-5-3-2-4-6(7)8-27-9(11(15,16)17,12(18,19)20)29-10(30-8,13(21,22)23)14(24,25)26/h2-5H,1H3. The highest BCUT2D eigenvalue weighted by Gasteiger charge is 2.85. The summed E-state index contributed by atoms with van der Waals surface area (Å²) in [4.78, 5) is -3.76. The molecule has 1 aromatic carbocycles. The van der Waals surface area contributed by atoms with Gasteiger partial charge in [0.1, 0.15) is 10.8 Å². The topological polar surface area (TPSA) is 30.8 Å². The lowest BCUT2D eigenvalue weighted by Crippen LogP contribution is -2.69. The van der Waals surface area contributed by atoms with Gasteiger partial charge < -0.3 is 9.47 Å². The van der Waals surface area contributed by atoms with Crippen LogP contribution in [0.3, 0.4) is 0 Å². The quantitative estimate of drug-likeness (QED) is 0.497. The van der Waals surface area contributed by atoms with Gasteiger partial charge in [-0.3, -0.25) is 0 Å². The summed E-state index contributed by atoms with van der Waals surface area (Å²) in [5.74, 6) is -0.623. The molecule has 16 heteroatoms. The molecule has 1 aromatic rings. The summed E-state index contributed by atoms with van der Waals surface area (Å²) in [6.07, 6.45) is -27.2. The second-order valence-electron chi connectivity index (χ2n) is 5.57. The molecule has 1 heterocycles. The van der Waals surface area contributed by atoms with Gasteiger partial charge in [0.05, 0.1) is 7.11 Å². The van der Waals surface area contributed by atoms with Crippen molar-refractivity contribution in [2.45, 2.75) is 35.4 Å². The number of thioether (sulfide) groups is 1. The highest BCUT2D eigenvalue weighted by Crippen LogP contribution is 2.62. The summed E-state index contributed by atoms with van der Waals surface area (Å²) in [6.45, 7) is 0. The highest BCUT2D eigenvalue weighted by molar-refractivity contribution is 8.15. The molecule has 0 aromatic heterocycles. The van der Waals surface area contributed by atoms with E-state index in [1.165, 1.54) is 0 Å². The van der Waals surface area contributed by atoms with Crippen LogP contribution in [0.15, 0.2) is 29.3 Å². The van der Waals surface area contributed by atoms with E-state index in [0.29, 0.717) is 6.07 Å². The largest absolute Gasteiger partial charge is 0.496 e. The molecule has 0 spiro atoms. The van der Waals surface area contributed by atoms with E-state index in [0.717, 1.165) is 25.3 Å². The first-order chi connectivity index (χ1) is 13.3. The van der Waals surface area contributed by atoms with Crippen molar-refractivity contribution in [3.8, 4) is 5.75 Å². The van der Waals surface area contributed by atoms with Crippen LogP contribution >= 0.6 is 11.8 Å². The van der Waals surface area contributed by atoms with Crippen LogP contribution in [0.4, 0.5) is 52.7 Å². The highest BCUT2D eigenvalue weighted by atomic mass is 32.2. The molecule has 2 rings (SSSR count). The summed E-state index contributed by atoms with van der Waals surface area (Å²) < 4.78 is 168. The van der Waals surface area contributed by atoms with Crippen LogP contribution in [0.1, 0.15) is 5.56 Å². The molecule has 0 amide bonds. The van der Waals surface area contributed by atoms with Crippen molar-refractivity contribution in [1.82, 2.24) is 0 Å². The second-order valence-corrected chi connectivity index (χ2v) is 6.74. The van der Waals surface area contributed by atoms with Crippen molar-refractivity contribution in [2.24, 2.45) is 4.99 Å². The Labute approximate surface area is 163 Å². The maximum Gasteiger partial charge on any atom is 0.448 e. The molecule has 30 heavy (non-hydrogen) atoms. The van der Waals surface area contributed by atoms with Gasteiger partial charge in [-0.25, -0.2) is 4.99 Å². The van der Waals surface area contributed by atoms with Crippen molar-refractivity contribution < 1.29 is 62.2 Å². The fraction of sp³-hybridized carbons (Fsp3) is 0.500. The molecule has 3 nitrogen and oxygen atoms in total. The Balaban J connectivity index is 2.99. The smallest absolute Gasteiger partial charge is 0.448 e. The molecule has 1 aliphatic rings. The molecule has 170 valence electrons. The molecule has 0 aliphatic carbocycles. The maximum atomic E-state index is 13.4. The summed E-state index contributed by atoms with van der Waals surface area (Å²) in [7, 11) is 0.838. The molecule has 0 saturated heterocycles. The number of nitrogens with zero attached hydrogens (tertiary/aromatic N) is 1. The van der Waals surface area contributed by atoms with Gasteiger partial charge in [0.2, 0.25) is 0 Å². The molecule has 0 N–H and O–H groups in total. The summed E-state index contributed by atoms with van der Waals surface area (Å²) in [6, 6.07) is 3.58. The summed E-state index contributed by atoms with van der Waals surface area (Å²) in [5, 5.41) is -1.89. The molecule has 0 unspecified atom stereocenters. The lowest BCUT2D eigenvalue weighted by atomic mass is 10.1. The third kappa shape index (κ3) is 3.67. The molecule has 0 fully saturated rings. The van der Waals surface area contributed by atoms with Gasteiger partial charge in [-0.05, 0) is 12.1 Å². The number of benzene rings is 1. The van der Waals surface area contributed by atoms with Crippen molar-refractivity contribution in [1.29, 1.82) is 0 Å². The Hall–Kier alpha value is -1.84. The van der Waals surface area contributed by atoms with Gasteiger partial charge in [-0.2, -0.15) is 52.7 Å². The Morgan fingerprint density at radius 2 is 1.27 bits per heavy atom. The number of hydrogen-bond acceptors (Lipinski definition) is 4. The van der Waals surface area contributed by atoms with Gasteiger partial charge >= 0.3 is 35.4 Å². The van der Waals surface area contributed by atoms with Crippen LogP contribution in [-0.2, 0) is 4.74 Å². The van der Waals surface area contributed by atoms with Crippen LogP contribution in [-0.4, -0.2) is 47.5 Å². The van der Waals surface area contributed by atoms with E-state index in [9.17, 15) is 52.7 Å². The van der Waals surface area contributed by atoms with E-state index in [2.05, 4.69) is 14.5 Å². The first kappa shape index (κ1) is 24.4. The molecule has 1 aliphatic heterocycles. The Morgan fingerprint density at radius 1 is 0.800 bits per heavy atom. The summed E-state index contributed by atoms with van der Waals surface area (Å²) >= 11 is -1.49. The third-order valence-electron chi connectivity index (χ3n) is 3.64. The first-order valence-corrected chi connectivity index (χ1v) is 8.04. The van der Waals surface area contributed by atoms with E-state index in [4.69, 9.17) is 0 Å². The molecule has 0 radical (unpaired) electrons. The number of hydrogen-bond donors (Lipinski definition) is 0. The van der Waals surface area contributed by atoms with Gasteiger partial charge in [-0.1, -0.05) is 23.9 Å². The Kier molecular flexibility index (Phi) is 5.78. The van der Waals surface area contributed by atoms with Crippen LogP contribution in [0.2, 0.25) is 0 Å². The van der Waals surface area contributed by atoms with E-state index in [1.54, 1.807) is 0 Å². The van der Waals surface area contributed by atoms with Gasteiger partial charge in [0.15, 0.2) is 0 Å². The molecular weight excluding hydrogens is 474 g/mol.